The number of amides is 1. The summed E-state index contributed by atoms with van der Waals surface area (Å²) in [6.07, 6.45) is 1.58. The van der Waals surface area contributed by atoms with Crippen molar-refractivity contribution in [3.8, 4) is 0 Å². The van der Waals surface area contributed by atoms with Crippen molar-refractivity contribution in [1.82, 2.24) is 4.98 Å². The van der Waals surface area contributed by atoms with E-state index in [9.17, 15) is 9.59 Å². The van der Waals surface area contributed by atoms with Crippen LogP contribution in [0.15, 0.2) is 60.8 Å². The van der Waals surface area contributed by atoms with Crippen molar-refractivity contribution in [2.24, 2.45) is 0 Å². The predicted octanol–water partition coefficient (Wildman–Crippen LogP) is 4.87. The lowest BCUT2D eigenvalue weighted by Gasteiger charge is -2.11. The maximum absolute atomic E-state index is 12.6. The fraction of sp³-hybridized carbons (Fsp3) is 0.174. The van der Waals surface area contributed by atoms with E-state index in [0.717, 1.165) is 22.5 Å². The Balaban J connectivity index is 1.70. The number of rotatable bonds is 6. The van der Waals surface area contributed by atoms with Crippen molar-refractivity contribution in [2.45, 2.75) is 20.8 Å². The molecule has 1 amide bonds. The van der Waals surface area contributed by atoms with Crippen LogP contribution in [-0.2, 0) is 4.74 Å². The van der Waals surface area contributed by atoms with Gasteiger partial charge in [-0.15, -0.1) is 0 Å². The van der Waals surface area contributed by atoms with E-state index < -0.39 is 0 Å². The standard InChI is InChI=1S/C23H23N3O3/c1-4-29-23(28)17-6-8-19(9-7-17)25-21-14-18(11-12-24-21)22(27)26-20-10-5-15(2)13-16(20)3/h5-14H,4H2,1-3H3,(H,24,25)(H,26,27). The fourth-order valence-electron chi connectivity index (χ4n) is 2.84. The van der Waals surface area contributed by atoms with Gasteiger partial charge in [-0.25, -0.2) is 9.78 Å². The Morgan fingerprint density at radius 2 is 1.72 bits per heavy atom. The van der Waals surface area contributed by atoms with Gasteiger partial charge in [0.05, 0.1) is 12.2 Å². The third-order valence-corrected chi connectivity index (χ3v) is 4.32. The largest absolute Gasteiger partial charge is 0.462 e. The maximum Gasteiger partial charge on any atom is 0.338 e. The van der Waals surface area contributed by atoms with E-state index >= 15 is 0 Å². The number of nitrogens with one attached hydrogen (secondary N) is 2. The summed E-state index contributed by atoms with van der Waals surface area (Å²) in [7, 11) is 0. The molecule has 1 heterocycles. The van der Waals surface area contributed by atoms with Gasteiger partial charge in [0, 0.05) is 23.1 Å². The Labute approximate surface area is 169 Å². The highest BCUT2D eigenvalue weighted by Crippen LogP contribution is 2.19. The van der Waals surface area contributed by atoms with Crippen molar-refractivity contribution in [3.05, 3.63) is 83.0 Å². The van der Waals surface area contributed by atoms with Crippen LogP contribution in [0.1, 0.15) is 38.8 Å². The average molecular weight is 389 g/mol. The van der Waals surface area contributed by atoms with Crippen LogP contribution in [0.2, 0.25) is 0 Å². The SMILES string of the molecule is CCOC(=O)c1ccc(Nc2cc(C(=O)Nc3ccc(C)cc3C)ccn2)cc1. The lowest BCUT2D eigenvalue weighted by Crippen LogP contribution is -2.13. The number of pyridine rings is 1. The molecule has 0 aliphatic heterocycles. The van der Waals surface area contributed by atoms with Gasteiger partial charge in [0.1, 0.15) is 5.82 Å². The highest BCUT2D eigenvalue weighted by atomic mass is 16.5. The Morgan fingerprint density at radius 1 is 0.966 bits per heavy atom. The van der Waals surface area contributed by atoms with Gasteiger partial charge in [-0.3, -0.25) is 4.79 Å². The van der Waals surface area contributed by atoms with Crippen LogP contribution in [0, 0.1) is 13.8 Å². The molecule has 0 saturated heterocycles. The summed E-state index contributed by atoms with van der Waals surface area (Å²) in [6, 6.07) is 16.1. The number of benzene rings is 2. The highest BCUT2D eigenvalue weighted by Gasteiger charge is 2.10. The van der Waals surface area contributed by atoms with Crippen LogP contribution < -0.4 is 10.6 Å². The summed E-state index contributed by atoms with van der Waals surface area (Å²) in [6.45, 7) is 6.07. The topological polar surface area (TPSA) is 80.3 Å². The van der Waals surface area contributed by atoms with Gasteiger partial charge < -0.3 is 15.4 Å². The normalized spacial score (nSPS) is 10.3. The number of ether oxygens (including phenoxy) is 1. The third-order valence-electron chi connectivity index (χ3n) is 4.32. The molecule has 2 N–H and O–H groups in total. The molecule has 0 bridgehead atoms. The van der Waals surface area contributed by atoms with Crippen LogP contribution in [0.5, 0.6) is 0 Å². The smallest absolute Gasteiger partial charge is 0.338 e. The Hall–Kier alpha value is -3.67. The zero-order valence-corrected chi connectivity index (χ0v) is 16.7. The van der Waals surface area contributed by atoms with Crippen LogP contribution in [0.4, 0.5) is 17.2 Å². The number of hydrogen-bond donors (Lipinski definition) is 2. The molecule has 0 fully saturated rings. The molecule has 0 aliphatic rings. The quantitative estimate of drug-likeness (QED) is 0.588. The Morgan fingerprint density at radius 3 is 2.41 bits per heavy atom. The molecule has 29 heavy (non-hydrogen) atoms. The van der Waals surface area contributed by atoms with E-state index in [1.54, 1.807) is 49.5 Å². The summed E-state index contributed by atoms with van der Waals surface area (Å²) in [5.41, 5.74) is 4.65. The first-order valence-corrected chi connectivity index (χ1v) is 9.35. The lowest BCUT2D eigenvalue weighted by atomic mass is 10.1. The molecule has 2 aromatic carbocycles. The molecular weight excluding hydrogens is 366 g/mol. The molecule has 1 aromatic heterocycles. The van der Waals surface area contributed by atoms with Crippen LogP contribution >= 0.6 is 0 Å². The van der Waals surface area contributed by atoms with Crippen molar-refractivity contribution in [3.63, 3.8) is 0 Å². The third kappa shape index (κ3) is 5.19. The highest BCUT2D eigenvalue weighted by molar-refractivity contribution is 6.05. The number of aromatic nitrogens is 1. The monoisotopic (exact) mass is 389 g/mol. The molecule has 0 atom stereocenters. The average Bonchev–Trinajstić information content (AvgIpc) is 2.71. The molecule has 0 unspecified atom stereocenters. The number of hydrogen-bond acceptors (Lipinski definition) is 5. The molecule has 6 nitrogen and oxygen atoms in total. The van der Waals surface area contributed by atoms with E-state index in [0.29, 0.717) is 23.6 Å². The molecule has 0 saturated carbocycles. The number of aryl methyl sites for hydroxylation is 2. The first kappa shape index (κ1) is 20.1. The molecule has 3 aromatic rings. The van der Waals surface area contributed by atoms with Gasteiger partial charge in [0.2, 0.25) is 0 Å². The molecule has 0 spiro atoms. The molecular formula is C23H23N3O3. The molecule has 3 rings (SSSR count). The zero-order valence-electron chi connectivity index (χ0n) is 16.7. The minimum absolute atomic E-state index is 0.208. The second-order valence-electron chi connectivity index (χ2n) is 6.63. The van der Waals surface area contributed by atoms with E-state index in [-0.39, 0.29) is 11.9 Å². The first-order valence-electron chi connectivity index (χ1n) is 9.35. The maximum atomic E-state index is 12.6. The number of anilines is 3. The summed E-state index contributed by atoms with van der Waals surface area (Å²) in [4.78, 5) is 28.6. The van der Waals surface area contributed by atoms with E-state index in [1.165, 1.54) is 0 Å². The Kier molecular flexibility index (Phi) is 6.24. The van der Waals surface area contributed by atoms with Crippen molar-refractivity contribution in [1.29, 1.82) is 0 Å². The minimum atomic E-state index is -0.359. The zero-order chi connectivity index (χ0) is 20.8. The van der Waals surface area contributed by atoms with Gasteiger partial charge in [0.25, 0.3) is 5.91 Å². The van der Waals surface area contributed by atoms with Crippen molar-refractivity contribution >= 4 is 29.1 Å². The second-order valence-corrected chi connectivity index (χ2v) is 6.63. The van der Waals surface area contributed by atoms with Crippen LogP contribution in [-0.4, -0.2) is 23.5 Å². The van der Waals surface area contributed by atoms with Gasteiger partial charge in [-0.05, 0) is 68.8 Å². The molecule has 0 aliphatic carbocycles. The van der Waals surface area contributed by atoms with Gasteiger partial charge >= 0.3 is 5.97 Å². The number of esters is 1. The van der Waals surface area contributed by atoms with E-state index in [1.807, 2.05) is 32.0 Å². The number of carbonyl (C=O) groups is 2. The van der Waals surface area contributed by atoms with Gasteiger partial charge in [-0.2, -0.15) is 0 Å². The van der Waals surface area contributed by atoms with E-state index in [2.05, 4.69) is 15.6 Å². The van der Waals surface area contributed by atoms with Crippen LogP contribution in [0.25, 0.3) is 0 Å². The van der Waals surface area contributed by atoms with Gasteiger partial charge in [-0.1, -0.05) is 17.7 Å². The fourth-order valence-corrected chi connectivity index (χ4v) is 2.84. The van der Waals surface area contributed by atoms with E-state index in [4.69, 9.17) is 4.74 Å². The first-order chi connectivity index (χ1) is 14.0. The molecule has 0 radical (unpaired) electrons. The summed E-state index contributed by atoms with van der Waals surface area (Å²) in [5.74, 6) is -0.0375. The predicted molar refractivity (Wildman–Crippen MR) is 114 cm³/mol. The Bertz CT molecular complexity index is 1030. The molecule has 148 valence electrons. The number of carbonyl (C=O) groups excluding carboxylic acids is 2. The minimum Gasteiger partial charge on any atom is -0.462 e. The summed E-state index contributed by atoms with van der Waals surface area (Å²) < 4.78 is 4.98. The van der Waals surface area contributed by atoms with Crippen molar-refractivity contribution in [2.75, 3.05) is 17.2 Å². The van der Waals surface area contributed by atoms with Gasteiger partial charge in [0.15, 0.2) is 0 Å². The number of nitrogens with zero attached hydrogens (tertiary/aromatic N) is 1. The molecule has 6 heteroatoms. The van der Waals surface area contributed by atoms with Crippen molar-refractivity contribution < 1.29 is 14.3 Å². The van der Waals surface area contributed by atoms with Crippen LogP contribution in [0.3, 0.4) is 0 Å². The second kappa shape index (κ2) is 9.01. The lowest BCUT2D eigenvalue weighted by molar-refractivity contribution is 0.0526. The summed E-state index contributed by atoms with van der Waals surface area (Å²) in [5, 5.41) is 6.07. The summed E-state index contributed by atoms with van der Waals surface area (Å²) >= 11 is 0.